The first-order chi connectivity index (χ1) is 13.8. The summed E-state index contributed by atoms with van der Waals surface area (Å²) in [5, 5.41) is 6.19. The van der Waals surface area contributed by atoms with Crippen LogP contribution in [0.4, 0.5) is 17.1 Å². The Morgan fingerprint density at radius 1 is 1.00 bits per heavy atom. The lowest BCUT2D eigenvalue weighted by atomic mass is 10.2. The molecule has 1 aliphatic rings. The van der Waals surface area contributed by atoms with Gasteiger partial charge in [0.2, 0.25) is 0 Å². The molecule has 28 heavy (non-hydrogen) atoms. The smallest absolute Gasteiger partial charge is 0.257 e. The summed E-state index contributed by atoms with van der Waals surface area (Å²) in [5.74, 6) is -0.178. The van der Waals surface area contributed by atoms with Gasteiger partial charge in [0.05, 0.1) is 23.5 Å². The zero-order valence-electron chi connectivity index (χ0n) is 15.6. The van der Waals surface area contributed by atoms with E-state index in [-0.39, 0.29) is 5.91 Å². The Hall–Kier alpha value is -3.41. The molecule has 2 aromatic heterocycles. The van der Waals surface area contributed by atoms with Crippen LogP contribution in [0.25, 0.3) is 0 Å². The zero-order valence-corrected chi connectivity index (χ0v) is 15.6. The molecule has 0 bridgehead atoms. The Morgan fingerprint density at radius 3 is 2.57 bits per heavy atom. The van der Waals surface area contributed by atoms with Crippen molar-refractivity contribution in [3.05, 3.63) is 78.4 Å². The second-order valence-corrected chi connectivity index (χ2v) is 6.83. The van der Waals surface area contributed by atoms with Crippen molar-refractivity contribution in [2.75, 3.05) is 28.6 Å². The van der Waals surface area contributed by atoms with Crippen molar-refractivity contribution in [3.8, 4) is 0 Å². The molecule has 0 atom stereocenters. The molecule has 142 valence electrons. The Labute approximate surface area is 164 Å². The summed E-state index contributed by atoms with van der Waals surface area (Å²) in [6.07, 6.45) is 7.52. The average molecular weight is 373 g/mol. The predicted octanol–water partition coefficient (Wildman–Crippen LogP) is 3.94. The van der Waals surface area contributed by atoms with Crippen LogP contribution < -0.4 is 15.5 Å². The average Bonchev–Trinajstić information content (AvgIpc) is 3.29. The number of rotatable bonds is 6. The highest BCUT2D eigenvalue weighted by Crippen LogP contribution is 2.22. The highest BCUT2D eigenvalue weighted by atomic mass is 16.1. The molecule has 0 unspecified atom stereocenters. The van der Waals surface area contributed by atoms with Crippen LogP contribution in [0, 0.1) is 0 Å². The van der Waals surface area contributed by atoms with E-state index in [0.29, 0.717) is 12.1 Å². The number of aromatic nitrogens is 2. The van der Waals surface area contributed by atoms with Crippen LogP contribution in [-0.4, -0.2) is 29.0 Å². The molecule has 2 N–H and O–H groups in total. The maximum absolute atomic E-state index is 12.6. The molecule has 1 aliphatic heterocycles. The van der Waals surface area contributed by atoms with Crippen LogP contribution in [0.1, 0.15) is 28.9 Å². The summed E-state index contributed by atoms with van der Waals surface area (Å²) in [4.78, 5) is 23.4. The first kappa shape index (κ1) is 18.0. The van der Waals surface area contributed by atoms with Crippen molar-refractivity contribution in [1.82, 2.24) is 9.97 Å². The van der Waals surface area contributed by atoms with Gasteiger partial charge in [-0.3, -0.25) is 14.8 Å². The maximum Gasteiger partial charge on any atom is 0.257 e. The van der Waals surface area contributed by atoms with Crippen LogP contribution in [-0.2, 0) is 6.54 Å². The van der Waals surface area contributed by atoms with Gasteiger partial charge in [-0.1, -0.05) is 6.07 Å². The van der Waals surface area contributed by atoms with Crippen molar-refractivity contribution in [2.24, 2.45) is 0 Å². The molecule has 1 fully saturated rings. The molecule has 3 aromatic rings. The molecular formula is C22H23N5O. The normalized spacial score (nSPS) is 13.4. The van der Waals surface area contributed by atoms with Gasteiger partial charge in [0.1, 0.15) is 0 Å². The number of nitrogens with zero attached hydrogens (tertiary/aromatic N) is 3. The lowest BCUT2D eigenvalue weighted by molar-refractivity contribution is 0.102. The Bertz CT molecular complexity index is 921. The molecule has 1 aromatic carbocycles. The summed E-state index contributed by atoms with van der Waals surface area (Å²) in [7, 11) is 0. The summed E-state index contributed by atoms with van der Waals surface area (Å²) in [6, 6.07) is 15.6. The van der Waals surface area contributed by atoms with Crippen molar-refractivity contribution >= 4 is 23.0 Å². The lowest BCUT2D eigenvalue weighted by Gasteiger charge is -2.17. The molecule has 4 rings (SSSR count). The van der Waals surface area contributed by atoms with Gasteiger partial charge >= 0.3 is 0 Å². The number of anilines is 3. The highest BCUT2D eigenvalue weighted by molar-refractivity contribution is 6.04. The summed E-state index contributed by atoms with van der Waals surface area (Å²) >= 11 is 0. The fourth-order valence-corrected chi connectivity index (χ4v) is 3.29. The van der Waals surface area contributed by atoms with Gasteiger partial charge in [-0.2, -0.15) is 0 Å². The summed E-state index contributed by atoms with van der Waals surface area (Å²) in [5.41, 5.74) is 4.20. The third kappa shape index (κ3) is 4.46. The zero-order chi connectivity index (χ0) is 19.2. The molecule has 6 heteroatoms. The van der Waals surface area contributed by atoms with Gasteiger partial charge in [-0.25, -0.2) is 0 Å². The van der Waals surface area contributed by atoms with E-state index in [0.717, 1.165) is 30.2 Å². The van der Waals surface area contributed by atoms with Gasteiger partial charge in [0.15, 0.2) is 0 Å². The molecule has 0 aliphatic carbocycles. The van der Waals surface area contributed by atoms with Crippen molar-refractivity contribution in [1.29, 1.82) is 0 Å². The number of nitrogens with one attached hydrogen (secondary N) is 2. The SMILES string of the molecule is O=C(Nc1ccc(N2CCCC2)cc1)c1cncc(NCc2ccccn2)c1. The van der Waals surface area contributed by atoms with Crippen molar-refractivity contribution in [3.63, 3.8) is 0 Å². The minimum absolute atomic E-state index is 0.178. The molecule has 0 radical (unpaired) electrons. The number of pyridine rings is 2. The van der Waals surface area contributed by atoms with Crippen molar-refractivity contribution < 1.29 is 4.79 Å². The minimum atomic E-state index is -0.178. The number of hydrogen-bond acceptors (Lipinski definition) is 5. The summed E-state index contributed by atoms with van der Waals surface area (Å²) < 4.78 is 0. The van der Waals surface area contributed by atoms with Crippen molar-refractivity contribution in [2.45, 2.75) is 19.4 Å². The lowest BCUT2D eigenvalue weighted by Crippen LogP contribution is -2.17. The first-order valence-corrected chi connectivity index (χ1v) is 9.53. The van der Waals surface area contributed by atoms with Crippen LogP contribution >= 0.6 is 0 Å². The minimum Gasteiger partial charge on any atom is -0.378 e. The van der Waals surface area contributed by atoms with Crippen LogP contribution in [0.5, 0.6) is 0 Å². The molecule has 3 heterocycles. The Kier molecular flexibility index (Phi) is 5.47. The molecule has 1 amide bonds. The second-order valence-electron chi connectivity index (χ2n) is 6.83. The third-order valence-corrected chi connectivity index (χ3v) is 4.80. The number of carbonyl (C=O) groups is 1. The van der Waals surface area contributed by atoms with Crippen LogP contribution in [0.15, 0.2) is 67.1 Å². The predicted molar refractivity (Wildman–Crippen MR) is 112 cm³/mol. The third-order valence-electron chi connectivity index (χ3n) is 4.80. The van der Waals surface area contributed by atoms with Gasteiger partial charge in [0.25, 0.3) is 5.91 Å². The van der Waals surface area contributed by atoms with E-state index < -0.39 is 0 Å². The monoisotopic (exact) mass is 373 g/mol. The van der Waals surface area contributed by atoms with Gasteiger partial charge < -0.3 is 15.5 Å². The molecule has 0 spiro atoms. The van der Waals surface area contributed by atoms with E-state index in [2.05, 4.69) is 37.6 Å². The molecule has 6 nitrogen and oxygen atoms in total. The van der Waals surface area contributed by atoms with Gasteiger partial charge in [0, 0.05) is 43.1 Å². The quantitative estimate of drug-likeness (QED) is 0.685. The highest BCUT2D eigenvalue weighted by Gasteiger charge is 2.12. The first-order valence-electron chi connectivity index (χ1n) is 9.53. The standard InChI is InChI=1S/C22H23N5O/c28-22(26-18-6-8-21(9-7-18)27-11-3-4-12-27)17-13-20(15-23-14-17)25-16-19-5-1-2-10-24-19/h1-2,5-10,13-15,25H,3-4,11-12,16H2,(H,26,28). The number of hydrogen-bond donors (Lipinski definition) is 2. The number of benzene rings is 1. The van der Waals surface area contributed by atoms with Crippen LogP contribution in [0.3, 0.4) is 0 Å². The van der Waals surface area contributed by atoms with Gasteiger partial charge in [-0.15, -0.1) is 0 Å². The van der Waals surface area contributed by atoms with E-state index in [1.54, 1.807) is 24.7 Å². The Morgan fingerprint density at radius 2 is 1.82 bits per heavy atom. The van der Waals surface area contributed by atoms with E-state index in [1.807, 2.05) is 30.3 Å². The van der Waals surface area contributed by atoms with E-state index in [1.165, 1.54) is 18.5 Å². The van der Waals surface area contributed by atoms with E-state index >= 15 is 0 Å². The van der Waals surface area contributed by atoms with Gasteiger partial charge in [-0.05, 0) is 55.3 Å². The largest absolute Gasteiger partial charge is 0.378 e. The summed E-state index contributed by atoms with van der Waals surface area (Å²) in [6.45, 7) is 2.79. The molecule has 0 saturated carbocycles. The fourth-order valence-electron chi connectivity index (χ4n) is 3.29. The molecule has 1 saturated heterocycles. The number of carbonyl (C=O) groups excluding carboxylic acids is 1. The van der Waals surface area contributed by atoms with E-state index in [4.69, 9.17) is 0 Å². The second kappa shape index (κ2) is 8.52. The number of amides is 1. The maximum atomic E-state index is 12.6. The Balaban J connectivity index is 1.37. The van der Waals surface area contributed by atoms with E-state index in [9.17, 15) is 4.79 Å². The van der Waals surface area contributed by atoms with Crippen LogP contribution in [0.2, 0.25) is 0 Å². The topological polar surface area (TPSA) is 70.2 Å². The fraction of sp³-hybridized carbons (Fsp3) is 0.227. The molecular weight excluding hydrogens is 350 g/mol.